The van der Waals surface area contributed by atoms with Gasteiger partial charge in [0.05, 0.1) is 12.8 Å². The number of anilines is 2. The van der Waals surface area contributed by atoms with Crippen molar-refractivity contribution >= 4 is 17.3 Å². The minimum atomic E-state index is -2.48. The minimum Gasteiger partial charge on any atom is -0.494 e. The summed E-state index contributed by atoms with van der Waals surface area (Å²) in [6.07, 6.45) is -1.94. The van der Waals surface area contributed by atoms with Gasteiger partial charge in [-0.05, 0) is 18.6 Å². The second kappa shape index (κ2) is 8.31. The fourth-order valence-electron chi connectivity index (χ4n) is 1.53. The lowest BCUT2D eigenvalue weighted by Gasteiger charge is -2.10. The van der Waals surface area contributed by atoms with Crippen LogP contribution in [0.1, 0.15) is 12.8 Å². The van der Waals surface area contributed by atoms with Crippen LogP contribution in [0.2, 0.25) is 0 Å². The Morgan fingerprint density at radius 1 is 1.45 bits per heavy atom. The molecule has 0 heterocycles. The van der Waals surface area contributed by atoms with E-state index in [9.17, 15) is 13.6 Å². The summed E-state index contributed by atoms with van der Waals surface area (Å²) < 4.78 is 33.4. The van der Waals surface area contributed by atoms with E-state index in [1.807, 2.05) is 0 Å². The highest BCUT2D eigenvalue weighted by Crippen LogP contribution is 2.26. The van der Waals surface area contributed by atoms with Crippen LogP contribution in [0.15, 0.2) is 18.2 Å². The number of benzene rings is 1. The molecule has 1 aromatic carbocycles. The Kier molecular flexibility index (Phi) is 6.72. The van der Waals surface area contributed by atoms with Crippen molar-refractivity contribution in [1.29, 1.82) is 0 Å². The molecule has 0 fully saturated rings. The second-order valence-electron chi connectivity index (χ2n) is 4.08. The first-order chi connectivity index (χ1) is 9.52. The number of amides is 1. The highest BCUT2D eigenvalue weighted by molar-refractivity contribution is 5.92. The molecule has 3 N–H and O–H groups in total. The van der Waals surface area contributed by atoms with Crippen molar-refractivity contribution in [3.63, 3.8) is 0 Å². The van der Waals surface area contributed by atoms with Gasteiger partial charge in [-0.25, -0.2) is 8.78 Å². The number of nitrogens with one attached hydrogen (secondary N) is 1. The van der Waals surface area contributed by atoms with Gasteiger partial charge >= 0.3 is 0 Å². The Morgan fingerprint density at radius 3 is 2.85 bits per heavy atom. The maximum atomic E-state index is 11.8. The quantitative estimate of drug-likeness (QED) is 0.568. The van der Waals surface area contributed by atoms with Gasteiger partial charge in [0, 0.05) is 24.8 Å². The van der Waals surface area contributed by atoms with Crippen LogP contribution in [0.5, 0.6) is 5.75 Å². The van der Waals surface area contributed by atoms with Gasteiger partial charge in [0.15, 0.2) is 0 Å². The van der Waals surface area contributed by atoms with E-state index in [4.69, 9.17) is 10.5 Å². The fourth-order valence-corrected chi connectivity index (χ4v) is 1.53. The maximum absolute atomic E-state index is 11.8. The Labute approximate surface area is 116 Å². The lowest BCUT2D eigenvalue weighted by Crippen LogP contribution is -2.14. The van der Waals surface area contributed by atoms with Crippen molar-refractivity contribution in [3.05, 3.63) is 18.2 Å². The molecule has 1 aromatic rings. The Balaban J connectivity index is 2.35. The van der Waals surface area contributed by atoms with Gasteiger partial charge in [-0.15, -0.1) is 0 Å². The molecule has 0 bridgehead atoms. The van der Waals surface area contributed by atoms with E-state index in [2.05, 4.69) is 10.1 Å². The first-order valence-corrected chi connectivity index (χ1v) is 6.12. The summed E-state index contributed by atoms with van der Waals surface area (Å²) in [5.74, 6) is 0.223. The number of ether oxygens (including phenoxy) is 2. The van der Waals surface area contributed by atoms with Crippen molar-refractivity contribution in [2.75, 3.05) is 31.4 Å². The standard InChI is InChI=1S/C13H18F2N2O3/c1-19-11-7-9(16)4-5-10(11)17-13(18)3-2-6-20-8-12(14)15/h4-5,7,12H,2-3,6,8,16H2,1H3,(H,17,18). The molecule has 0 atom stereocenters. The highest BCUT2D eigenvalue weighted by atomic mass is 19.3. The SMILES string of the molecule is COc1cc(N)ccc1NC(=O)CCCOCC(F)F. The Hall–Kier alpha value is -1.89. The summed E-state index contributed by atoms with van der Waals surface area (Å²) >= 11 is 0. The summed E-state index contributed by atoms with van der Waals surface area (Å²) in [6, 6.07) is 4.88. The van der Waals surface area contributed by atoms with Crippen LogP contribution >= 0.6 is 0 Å². The average Bonchev–Trinajstić information content (AvgIpc) is 2.40. The number of carbonyl (C=O) groups excluding carboxylic acids is 1. The smallest absolute Gasteiger partial charge is 0.261 e. The number of hydrogen-bond acceptors (Lipinski definition) is 4. The number of alkyl halides is 2. The summed E-state index contributed by atoms with van der Waals surface area (Å²) in [7, 11) is 1.47. The molecule has 0 aromatic heterocycles. The van der Waals surface area contributed by atoms with Crippen molar-refractivity contribution in [3.8, 4) is 5.75 Å². The van der Waals surface area contributed by atoms with E-state index < -0.39 is 13.0 Å². The number of carbonyl (C=O) groups is 1. The second-order valence-corrected chi connectivity index (χ2v) is 4.08. The largest absolute Gasteiger partial charge is 0.494 e. The fraction of sp³-hybridized carbons (Fsp3) is 0.462. The molecule has 0 aliphatic carbocycles. The highest BCUT2D eigenvalue weighted by Gasteiger charge is 2.08. The van der Waals surface area contributed by atoms with E-state index in [-0.39, 0.29) is 18.9 Å². The van der Waals surface area contributed by atoms with Crippen molar-refractivity contribution < 1.29 is 23.0 Å². The van der Waals surface area contributed by atoms with Crippen LogP contribution in [0.25, 0.3) is 0 Å². The summed E-state index contributed by atoms with van der Waals surface area (Å²) in [4.78, 5) is 11.7. The first kappa shape index (κ1) is 16.2. The lowest BCUT2D eigenvalue weighted by atomic mass is 10.2. The van der Waals surface area contributed by atoms with Crippen molar-refractivity contribution in [2.45, 2.75) is 19.3 Å². The van der Waals surface area contributed by atoms with Crippen LogP contribution in [0.3, 0.4) is 0 Å². The third kappa shape index (κ3) is 5.83. The Morgan fingerprint density at radius 2 is 2.20 bits per heavy atom. The van der Waals surface area contributed by atoms with Crippen LogP contribution in [-0.2, 0) is 9.53 Å². The van der Waals surface area contributed by atoms with E-state index in [1.165, 1.54) is 7.11 Å². The maximum Gasteiger partial charge on any atom is 0.261 e. The zero-order valence-electron chi connectivity index (χ0n) is 11.2. The molecule has 5 nitrogen and oxygen atoms in total. The predicted molar refractivity (Wildman–Crippen MR) is 72.1 cm³/mol. The van der Waals surface area contributed by atoms with Crippen LogP contribution in [0, 0.1) is 0 Å². The summed E-state index contributed by atoms with van der Waals surface area (Å²) in [5.41, 5.74) is 6.64. The monoisotopic (exact) mass is 288 g/mol. The Bertz CT molecular complexity index is 442. The molecule has 20 heavy (non-hydrogen) atoms. The molecule has 0 saturated carbocycles. The number of halogens is 2. The van der Waals surface area contributed by atoms with Crippen molar-refractivity contribution in [1.82, 2.24) is 0 Å². The van der Waals surface area contributed by atoms with Gasteiger partial charge in [-0.3, -0.25) is 4.79 Å². The van der Waals surface area contributed by atoms with E-state index >= 15 is 0 Å². The molecule has 0 radical (unpaired) electrons. The van der Waals surface area contributed by atoms with Crippen molar-refractivity contribution in [2.24, 2.45) is 0 Å². The third-order valence-electron chi connectivity index (χ3n) is 2.44. The first-order valence-electron chi connectivity index (χ1n) is 6.12. The molecule has 0 unspecified atom stereocenters. The van der Waals surface area contributed by atoms with Gasteiger partial charge < -0.3 is 20.5 Å². The normalized spacial score (nSPS) is 10.6. The molecular weight excluding hydrogens is 270 g/mol. The van der Waals surface area contributed by atoms with Gasteiger partial charge in [0.25, 0.3) is 6.43 Å². The zero-order valence-corrected chi connectivity index (χ0v) is 11.2. The minimum absolute atomic E-state index is 0.122. The number of rotatable bonds is 8. The molecular formula is C13H18F2N2O3. The molecule has 7 heteroatoms. The summed E-state index contributed by atoms with van der Waals surface area (Å²) in [5, 5.41) is 2.67. The van der Waals surface area contributed by atoms with Crippen LogP contribution in [0.4, 0.5) is 20.2 Å². The van der Waals surface area contributed by atoms with Gasteiger partial charge in [0.2, 0.25) is 5.91 Å². The van der Waals surface area contributed by atoms with E-state index in [1.54, 1.807) is 18.2 Å². The summed E-state index contributed by atoms with van der Waals surface area (Å²) in [6.45, 7) is -0.482. The number of methoxy groups -OCH3 is 1. The number of nitrogens with two attached hydrogens (primary N) is 1. The third-order valence-corrected chi connectivity index (χ3v) is 2.44. The molecule has 1 rings (SSSR count). The van der Waals surface area contributed by atoms with E-state index in [0.717, 1.165) is 0 Å². The molecule has 0 saturated heterocycles. The number of hydrogen-bond donors (Lipinski definition) is 2. The van der Waals surface area contributed by atoms with Gasteiger partial charge in [-0.1, -0.05) is 0 Å². The molecule has 1 amide bonds. The predicted octanol–water partition coefficient (Wildman–Crippen LogP) is 2.28. The van der Waals surface area contributed by atoms with E-state index in [0.29, 0.717) is 23.5 Å². The topological polar surface area (TPSA) is 73.6 Å². The van der Waals surface area contributed by atoms with Crippen LogP contribution < -0.4 is 15.8 Å². The average molecular weight is 288 g/mol. The van der Waals surface area contributed by atoms with Crippen LogP contribution in [-0.4, -0.2) is 32.7 Å². The number of nitrogen functional groups attached to an aromatic ring is 1. The van der Waals surface area contributed by atoms with Gasteiger partial charge in [0.1, 0.15) is 12.4 Å². The van der Waals surface area contributed by atoms with Gasteiger partial charge in [-0.2, -0.15) is 0 Å². The zero-order chi connectivity index (χ0) is 15.0. The molecule has 0 aliphatic heterocycles. The molecule has 0 spiro atoms. The molecule has 112 valence electrons. The molecule has 0 aliphatic rings. The lowest BCUT2D eigenvalue weighted by molar-refractivity contribution is -0.116.